The maximum absolute atomic E-state index is 12.2. The summed E-state index contributed by atoms with van der Waals surface area (Å²) in [6, 6.07) is 7.12. The van der Waals surface area contributed by atoms with Crippen molar-refractivity contribution in [3.8, 4) is 0 Å². The van der Waals surface area contributed by atoms with E-state index in [-0.39, 0.29) is 30.1 Å². The van der Waals surface area contributed by atoms with Crippen molar-refractivity contribution in [1.82, 2.24) is 5.32 Å². The third kappa shape index (κ3) is 5.82. The second-order valence-electron chi connectivity index (χ2n) is 5.48. The van der Waals surface area contributed by atoms with Gasteiger partial charge in [-0.15, -0.1) is 12.4 Å². The molecule has 2 rings (SSSR count). The van der Waals surface area contributed by atoms with Gasteiger partial charge in [-0.1, -0.05) is 6.07 Å². The zero-order chi connectivity index (χ0) is 15.9. The molecule has 2 atom stereocenters. The molecule has 1 aromatic carbocycles. The van der Waals surface area contributed by atoms with E-state index >= 15 is 0 Å². The fraction of sp³-hybridized carbons (Fsp3) is 0.500. The van der Waals surface area contributed by atoms with E-state index in [0.29, 0.717) is 17.9 Å². The minimum atomic E-state index is -0.522. The molecule has 0 aromatic heterocycles. The number of methoxy groups -OCH3 is 1. The number of hydrogen-bond acceptors (Lipinski definition) is 4. The molecule has 2 unspecified atom stereocenters. The van der Waals surface area contributed by atoms with Crippen molar-refractivity contribution < 1.29 is 14.3 Å². The SMILES string of the molecule is COC(C)C(=O)Nc1cccc(NC(=O)C2CCCNC2)c1.Cl. The van der Waals surface area contributed by atoms with Gasteiger partial charge in [-0.05, 0) is 44.5 Å². The number of halogens is 1. The van der Waals surface area contributed by atoms with Crippen molar-refractivity contribution in [3.05, 3.63) is 24.3 Å². The van der Waals surface area contributed by atoms with Crippen molar-refractivity contribution >= 4 is 35.6 Å². The smallest absolute Gasteiger partial charge is 0.253 e. The molecule has 1 aromatic rings. The maximum atomic E-state index is 12.2. The highest BCUT2D eigenvalue weighted by atomic mass is 35.5. The van der Waals surface area contributed by atoms with Crippen molar-refractivity contribution in [1.29, 1.82) is 0 Å². The maximum Gasteiger partial charge on any atom is 0.253 e. The highest BCUT2D eigenvalue weighted by molar-refractivity contribution is 5.96. The molecule has 0 saturated carbocycles. The predicted octanol–water partition coefficient (Wildman–Crippen LogP) is 2.02. The number of carbonyl (C=O) groups excluding carboxylic acids is 2. The summed E-state index contributed by atoms with van der Waals surface area (Å²) in [5.74, 6) is -0.205. The number of amides is 2. The first-order chi connectivity index (χ1) is 10.6. The van der Waals surface area contributed by atoms with E-state index in [0.717, 1.165) is 19.4 Å². The molecule has 3 N–H and O–H groups in total. The Hall–Kier alpha value is -1.63. The van der Waals surface area contributed by atoms with Gasteiger partial charge in [-0.2, -0.15) is 0 Å². The second-order valence-corrected chi connectivity index (χ2v) is 5.48. The van der Waals surface area contributed by atoms with Crippen LogP contribution in [0.25, 0.3) is 0 Å². The number of nitrogens with one attached hydrogen (secondary N) is 3. The lowest BCUT2D eigenvalue weighted by Crippen LogP contribution is -2.37. The number of anilines is 2. The van der Waals surface area contributed by atoms with Crippen molar-refractivity contribution in [2.75, 3.05) is 30.8 Å². The molecule has 1 aliphatic heterocycles. The highest BCUT2D eigenvalue weighted by Gasteiger charge is 2.21. The largest absolute Gasteiger partial charge is 0.372 e. The predicted molar refractivity (Wildman–Crippen MR) is 93.0 cm³/mol. The number of benzene rings is 1. The van der Waals surface area contributed by atoms with Crippen LogP contribution in [0.1, 0.15) is 19.8 Å². The van der Waals surface area contributed by atoms with Gasteiger partial charge in [0.1, 0.15) is 6.10 Å². The van der Waals surface area contributed by atoms with Crippen LogP contribution in [0, 0.1) is 5.92 Å². The second kappa shape index (κ2) is 9.50. The Morgan fingerprint density at radius 1 is 1.30 bits per heavy atom. The summed E-state index contributed by atoms with van der Waals surface area (Å²) in [7, 11) is 1.49. The first kappa shape index (κ1) is 19.4. The van der Waals surface area contributed by atoms with Crippen LogP contribution >= 0.6 is 12.4 Å². The Morgan fingerprint density at radius 2 is 2.00 bits per heavy atom. The summed E-state index contributed by atoms with van der Waals surface area (Å²) in [6.45, 7) is 3.37. The van der Waals surface area contributed by atoms with Gasteiger partial charge < -0.3 is 20.7 Å². The Balaban J connectivity index is 0.00000264. The van der Waals surface area contributed by atoms with Gasteiger partial charge in [0.15, 0.2) is 0 Å². The Morgan fingerprint density at radius 3 is 2.61 bits per heavy atom. The number of carbonyl (C=O) groups is 2. The molecule has 128 valence electrons. The summed E-state index contributed by atoms with van der Waals surface area (Å²) in [4.78, 5) is 24.0. The van der Waals surface area contributed by atoms with Gasteiger partial charge in [0.25, 0.3) is 5.91 Å². The minimum absolute atomic E-state index is 0. The monoisotopic (exact) mass is 341 g/mol. The molecule has 6 nitrogen and oxygen atoms in total. The zero-order valence-electron chi connectivity index (χ0n) is 13.4. The molecule has 1 fully saturated rings. The van der Waals surface area contributed by atoms with Gasteiger partial charge in [-0.25, -0.2) is 0 Å². The van der Waals surface area contributed by atoms with Crippen LogP contribution in [0.4, 0.5) is 11.4 Å². The van der Waals surface area contributed by atoms with E-state index in [1.807, 2.05) is 6.07 Å². The normalized spacial score (nSPS) is 18.4. The fourth-order valence-electron chi connectivity index (χ4n) is 2.35. The third-order valence-electron chi connectivity index (χ3n) is 3.79. The summed E-state index contributed by atoms with van der Waals surface area (Å²) in [5, 5.41) is 8.89. The Labute approximate surface area is 142 Å². The van der Waals surface area contributed by atoms with Gasteiger partial charge in [0.2, 0.25) is 5.91 Å². The van der Waals surface area contributed by atoms with Crippen LogP contribution in [0.2, 0.25) is 0 Å². The number of ether oxygens (including phenoxy) is 1. The van der Waals surface area contributed by atoms with Gasteiger partial charge in [0, 0.05) is 25.0 Å². The molecule has 0 bridgehead atoms. The van der Waals surface area contributed by atoms with E-state index in [1.165, 1.54) is 7.11 Å². The third-order valence-corrected chi connectivity index (χ3v) is 3.79. The van der Waals surface area contributed by atoms with Gasteiger partial charge >= 0.3 is 0 Å². The summed E-state index contributed by atoms with van der Waals surface area (Å²) >= 11 is 0. The van der Waals surface area contributed by atoms with E-state index in [1.54, 1.807) is 25.1 Å². The average molecular weight is 342 g/mol. The van der Waals surface area contributed by atoms with Crippen LogP contribution in [0.15, 0.2) is 24.3 Å². The molecule has 23 heavy (non-hydrogen) atoms. The average Bonchev–Trinajstić information content (AvgIpc) is 2.55. The lowest BCUT2D eigenvalue weighted by atomic mass is 9.99. The number of hydrogen-bond donors (Lipinski definition) is 3. The van der Waals surface area contributed by atoms with Crippen molar-refractivity contribution in [3.63, 3.8) is 0 Å². The van der Waals surface area contributed by atoms with Crippen LogP contribution in [-0.4, -0.2) is 38.1 Å². The van der Waals surface area contributed by atoms with Crippen molar-refractivity contribution in [2.45, 2.75) is 25.9 Å². The fourth-order valence-corrected chi connectivity index (χ4v) is 2.35. The molecule has 0 radical (unpaired) electrons. The summed E-state index contributed by atoms with van der Waals surface area (Å²) < 4.78 is 4.97. The van der Waals surface area contributed by atoms with E-state index in [2.05, 4.69) is 16.0 Å². The Bertz CT molecular complexity index is 533. The molecule has 1 aliphatic rings. The van der Waals surface area contributed by atoms with Crippen LogP contribution in [0.3, 0.4) is 0 Å². The molecule has 0 spiro atoms. The van der Waals surface area contributed by atoms with Crippen LogP contribution < -0.4 is 16.0 Å². The standard InChI is InChI=1S/C16H23N3O3.ClH/c1-11(22-2)15(20)18-13-6-3-7-14(9-13)19-16(21)12-5-4-8-17-10-12;/h3,6-7,9,11-12,17H,4-5,8,10H2,1-2H3,(H,18,20)(H,19,21);1H. The lowest BCUT2D eigenvalue weighted by Gasteiger charge is -2.22. The quantitative estimate of drug-likeness (QED) is 0.765. The number of rotatable bonds is 5. The topological polar surface area (TPSA) is 79.5 Å². The molecular weight excluding hydrogens is 318 g/mol. The molecule has 7 heteroatoms. The minimum Gasteiger partial charge on any atom is -0.372 e. The Kier molecular flexibility index (Phi) is 8.02. The van der Waals surface area contributed by atoms with Gasteiger partial charge in [-0.3, -0.25) is 9.59 Å². The van der Waals surface area contributed by atoms with E-state index in [4.69, 9.17) is 4.74 Å². The number of piperidine rings is 1. The van der Waals surface area contributed by atoms with E-state index in [9.17, 15) is 9.59 Å². The van der Waals surface area contributed by atoms with Crippen LogP contribution in [-0.2, 0) is 14.3 Å². The lowest BCUT2D eigenvalue weighted by molar-refractivity contribution is -0.124. The summed E-state index contributed by atoms with van der Waals surface area (Å²) in [5.41, 5.74) is 1.31. The first-order valence-electron chi connectivity index (χ1n) is 7.55. The molecular formula is C16H24ClN3O3. The zero-order valence-corrected chi connectivity index (χ0v) is 14.2. The van der Waals surface area contributed by atoms with E-state index < -0.39 is 6.10 Å². The molecule has 2 amide bonds. The highest BCUT2D eigenvalue weighted by Crippen LogP contribution is 2.18. The molecule has 0 aliphatic carbocycles. The molecule has 1 heterocycles. The van der Waals surface area contributed by atoms with Gasteiger partial charge in [0.05, 0.1) is 5.92 Å². The van der Waals surface area contributed by atoms with Crippen molar-refractivity contribution in [2.24, 2.45) is 5.92 Å². The first-order valence-corrected chi connectivity index (χ1v) is 7.55. The van der Waals surface area contributed by atoms with Crippen LogP contribution in [0.5, 0.6) is 0 Å². The summed E-state index contributed by atoms with van der Waals surface area (Å²) in [6.07, 6.45) is 1.40. The molecule has 1 saturated heterocycles.